The lowest BCUT2D eigenvalue weighted by molar-refractivity contribution is 0.295. The molecule has 3 nitrogen and oxygen atoms in total. The second-order valence-corrected chi connectivity index (χ2v) is 4.74. The first kappa shape index (κ1) is 13.8. The quantitative estimate of drug-likeness (QED) is 0.864. The summed E-state index contributed by atoms with van der Waals surface area (Å²) in [6.07, 6.45) is 3.97. The molecule has 0 aliphatic carbocycles. The number of aromatic nitrogens is 1. The van der Waals surface area contributed by atoms with E-state index in [-0.39, 0.29) is 6.61 Å². The lowest BCUT2D eigenvalue weighted by Crippen LogP contribution is -2.37. The van der Waals surface area contributed by atoms with Gasteiger partial charge in [-0.2, -0.15) is 0 Å². The summed E-state index contributed by atoms with van der Waals surface area (Å²) in [4.78, 5) is 6.80. The minimum Gasteiger partial charge on any atom is -0.395 e. The summed E-state index contributed by atoms with van der Waals surface area (Å²) in [5.74, 6) is 0.987. The SMILES string of the molecule is CCC(CC)N(CCO)c1nccc2ccccc12. The van der Waals surface area contributed by atoms with Gasteiger partial charge in [0, 0.05) is 24.2 Å². The molecule has 1 heterocycles. The molecule has 0 unspecified atom stereocenters. The molecule has 0 radical (unpaired) electrons. The van der Waals surface area contributed by atoms with Crippen LogP contribution in [0.5, 0.6) is 0 Å². The Hall–Kier alpha value is -1.61. The zero-order chi connectivity index (χ0) is 13.7. The topological polar surface area (TPSA) is 36.4 Å². The number of hydrogen-bond acceptors (Lipinski definition) is 3. The summed E-state index contributed by atoms with van der Waals surface area (Å²) in [6.45, 7) is 5.15. The van der Waals surface area contributed by atoms with E-state index in [1.807, 2.05) is 24.4 Å². The van der Waals surface area contributed by atoms with Crippen LogP contribution in [0.1, 0.15) is 26.7 Å². The predicted octanol–water partition coefficient (Wildman–Crippen LogP) is 3.22. The molecule has 0 spiro atoms. The van der Waals surface area contributed by atoms with Crippen molar-refractivity contribution in [3.8, 4) is 0 Å². The molecule has 0 aliphatic rings. The van der Waals surface area contributed by atoms with Crippen LogP contribution in [-0.2, 0) is 0 Å². The van der Waals surface area contributed by atoms with Crippen molar-refractivity contribution >= 4 is 16.6 Å². The first-order valence-corrected chi connectivity index (χ1v) is 7.03. The van der Waals surface area contributed by atoms with Gasteiger partial charge in [0.05, 0.1) is 6.61 Å². The Morgan fingerprint density at radius 1 is 1.16 bits per heavy atom. The Morgan fingerprint density at radius 3 is 2.58 bits per heavy atom. The normalized spacial score (nSPS) is 11.2. The van der Waals surface area contributed by atoms with Crippen molar-refractivity contribution in [2.75, 3.05) is 18.1 Å². The Balaban J connectivity index is 2.49. The molecule has 0 fully saturated rings. The number of aliphatic hydroxyl groups is 1. The van der Waals surface area contributed by atoms with E-state index in [0.29, 0.717) is 12.6 Å². The molecule has 1 aromatic carbocycles. The van der Waals surface area contributed by atoms with Crippen molar-refractivity contribution in [1.29, 1.82) is 0 Å². The van der Waals surface area contributed by atoms with E-state index in [0.717, 1.165) is 24.0 Å². The highest BCUT2D eigenvalue weighted by Crippen LogP contribution is 2.26. The van der Waals surface area contributed by atoms with E-state index in [1.165, 1.54) is 5.39 Å². The van der Waals surface area contributed by atoms with Gasteiger partial charge in [0.1, 0.15) is 5.82 Å². The first-order chi connectivity index (χ1) is 9.31. The summed E-state index contributed by atoms with van der Waals surface area (Å²) >= 11 is 0. The fourth-order valence-corrected chi connectivity index (χ4v) is 2.63. The summed E-state index contributed by atoms with van der Waals surface area (Å²) < 4.78 is 0. The molecule has 0 saturated carbocycles. The molecule has 0 atom stereocenters. The van der Waals surface area contributed by atoms with E-state index in [1.54, 1.807) is 0 Å². The Morgan fingerprint density at radius 2 is 1.89 bits per heavy atom. The molecule has 19 heavy (non-hydrogen) atoms. The molecule has 2 rings (SSSR count). The number of rotatable bonds is 6. The summed E-state index contributed by atoms with van der Waals surface area (Å²) in [6, 6.07) is 10.7. The molecule has 0 aliphatic heterocycles. The van der Waals surface area contributed by atoms with Crippen LogP contribution in [0.4, 0.5) is 5.82 Å². The Bertz CT molecular complexity index is 518. The summed E-state index contributed by atoms with van der Waals surface area (Å²) in [5, 5.41) is 11.7. The fraction of sp³-hybridized carbons (Fsp3) is 0.438. The average molecular weight is 258 g/mol. The molecular formula is C16H22N2O. The number of aliphatic hydroxyl groups excluding tert-OH is 1. The molecular weight excluding hydrogens is 236 g/mol. The number of anilines is 1. The fourth-order valence-electron chi connectivity index (χ4n) is 2.63. The Labute approximate surface area is 114 Å². The standard InChI is InChI=1S/C16H22N2O/c1-3-14(4-2)18(11-12-19)16-15-8-6-5-7-13(15)9-10-17-16/h5-10,14,19H,3-4,11-12H2,1-2H3. The van der Waals surface area contributed by atoms with Crippen LogP contribution >= 0.6 is 0 Å². The van der Waals surface area contributed by atoms with Crippen molar-refractivity contribution in [2.24, 2.45) is 0 Å². The monoisotopic (exact) mass is 258 g/mol. The lowest BCUT2D eigenvalue weighted by Gasteiger charge is -2.31. The first-order valence-electron chi connectivity index (χ1n) is 7.03. The van der Waals surface area contributed by atoms with Gasteiger partial charge < -0.3 is 10.0 Å². The van der Waals surface area contributed by atoms with Crippen LogP contribution < -0.4 is 4.90 Å². The van der Waals surface area contributed by atoms with Gasteiger partial charge >= 0.3 is 0 Å². The maximum atomic E-state index is 9.34. The largest absolute Gasteiger partial charge is 0.395 e. The van der Waals surface area contributed by atoms with Gasteiger partial charge in [-0.05, 0) is 24.3 Å². The number of benzene rings is 1. The Kier molecular flexibility index (Phi) is 4.74. The number of pyridine rings is 1. The van der Waals surface area contributed by atoms with Crippen LogP contribution in [0.3, 0.4) is 0 Å². The third-order valence-electron chi connectivity index (χ3n) is 3.65. The zero-order valence-corrected chi connectivity index (χ0v) is 11.7. The molecule has 0 amide bonds. The lowest BCUT2D eigenvalue weighted by atomic mass is 10.1. The molecule has 102 valence electrons. The highest BCUT2D eigenvalue weighted by Gasteiger charge is 2.18. The van der Waals surface area contributed by atoms with Gasteiger partial charge in [-0.3, -0.25) is 0 Å². The maximum absolute atomic E-state index is 9.34. The predicted molar refractivity (Wildman–Crippen MR) is 80.5 cm³/mol. The van der Waals surface area contributed by atoms with E-state index >= 15 is 0 Å². The van der Waals surface area contributed by atoms with Crippen LogP contribution in [0, 0.1) is 0 Å². The highest BCUT2D eigenvalue weighted by molar-refractivity contribution is 5.92. The van der Waals surface area contributed by atoms with Crippen LogP contribution in [0.2, 0.25) is 0 Å². The van der Waals surface area contributed by atoms with Crippen LogP contribution in [0.15, 0.2) is 36.5 Å². The molecule has 3 heteroatoms. The number of nitrogens with zero attached hydrogens (tertiary/aromatic N) is 2. The van der Waals surface area contributed by atoms with Crippen molar-refractivity contribution in [2.45, 2.75) is 32.7 Å². The van der Waals surface area contributed by atoms with E-state index in [9.17, 15) is 5.11 Å². The van der Waals surface area contributed by atoms with E-state index in [2.05, 4.69) is 35.9 Å². The smallest absolute Gasteiger partial charge is 0.136 e. The van der Waals surface area contributed by atoms with E-state index < -0.39 is 0 Å². The second-order valence-electron chi connectivity index (χ2n) is 4.74. The zero-order valence-electron chi connectivity index (χ0n) is 11.7. The van der Waals surface area contributed by atoms with Crippen LogP contribution in [-0.4, -0.2) is 29.3 Å². The number of fused-ring (bicyclic) bond motifs is 1. The molecule has 1 aromatic heterocycles. The van der Waals surface area contributed by atoms with Gasteiger partial charge in [0.25, 0.3) is 0 Å². The van der Waals surface area contributed by atoms with Gasteiger partial charge in [0.15, 0.2) is 0 Å². The molecule has 2 aromatic rings. The molecule has 0 bridgehead atoms. The van der Waals surface area contributed by atoms with Gasteiger partial charge in [-0.15, -0.1) is 0 Å². The molecule has 0 saturated heterocycles. The second kappa shape index (κ2) is 6.53. The summed E-state index contributed by atoms with van der Waals surface area (Å²) in [7, 11) is 0. The average Bonchev–Trinajstić information content (AvgIpc) is 2.47. The minimum atomic E-state index is 0.154. The van der Waals surface area contributed by atoms with Gasteiger partial charge in [-0.1, -0.05) is 38.1 Å². The highest BCUT2D eigenvalue weighted by atomic mass is 16.3. The van der Waals surface area contributed by atoms with Crippen molar-refractivity contribution in [1.82, 2.24) is 4.98 Å². The van der Waals surface area contributed by atoms with Crippen molar-refractivity contribution in [3.63, 3.8) is 0 Å². The third-order valence-corrected chi connectivity index (χ3v) is 3.65. The van der Waals surface area contributed by atoms with E-state index in [4.69, 9.17) is 0 Å². The summed E-state index contributed by atoms with van der Waals surface area (Å²) in [5.41, 5.74) is 0. The number of hydrogen-bond donors (Lipinski definition) is 1. The van der Waals surface area contributed by atoms with Crippen molar-refractivity contribution < 1.29 is 5.11 Å². The van der Waals surface area contributed by atoms with Gasteiger partial charge in [0.2, 0.25) is 0 Å². The molecule has 1 N–H and O–H groups in total. The van der Waals surface area contributed by atoms with Gasteiger partial charge in [-0.25, -0.2) is 4.98 Å². The third kappa shape index (κ3) is 2.87. The van der Waals surface area contributed by atoms with Crippen molar-refractivity contribution in [3.05, 3.63) is 36.5 Å². The van der Waals surface area contributed by atoms with Crippen LogP contribution in [0.25, 0.3) is 10.8 Å². The minimum absolute atomic E-state index is 0.154. The maximum Gasteiger partial charge on any atom is 0.136 e.